The molecule has 1 aromatic carbocycles. The van der Waals surface area contributed by atoms with E-state index in [1.807, 2.05) is 12.1 Å². The number of aromatic nitrogens is 2. The highest BCUT2D eigenvalue weighted by atomic mass is 16.1. The van der Waals surface area contributed by atoms with Crippen molar-refractivity contribution < 1.29 is 4.79 Å². The van der Waals surface area contributed by atoms with Crippen LogP contribution in [-0.2, 0) is 6.54 Å². The average molecular weight is 272 g/mol. The lowest BCUT2D eigenvalue weighted by molar-refractivity contribution is 0.0995. The maximum Gasteiger partial charge on any atom is 0.269 e. The van der Waals surface area contributed by atoms with Crippen LogP contribution in [-0.4, -0.2) is 21.7 Å². The highest BCUT2D eigenvalue weighted by Gasteiger charge is 2.10. The second kappa shape index (κ2) is 5.88. The number of amides is 1. The Labute approximate surface area is 118 Å². The number of nitrogens with zero attached hydrogens (tertiary/aromatic N) is 2. The topological polar surface area (TPSA) is 72.9 Å². The lowest BCUT2D eigenvalue weighted by Gasteiger charge is -2.13. The number of primary amides is 1. The zero-order valence-electron chi connectivity index (χ0n) is 12.1. The van der Waals surface area contributed by atoms with Gasteiger partial charge in [-0.2, -0.15) is 5.10 Å². The number of hydrogen-bond acceptors (Lipinski definition) is 3. The van der Waals surface area contributed by atoms with Gasteiger partial charge in [-0.15, -0.1) is 0 Å². The molecule has 1 aromatic heterocycles. The predicted octanol–water partition coefficient (Wildman–Crippen LogP) is 1.78. The third-order valence-electron chi connectivity index (χ3n) is 3.02. The lowest BCUT2D eigenvalue weighted by atomic mass is 10.1. The molecule has 3 N–H and O–H groups in total. The van der Waals surface area contributed by atoms with E-state index in [2.05, 4.69) is 37.3 Å². The Hall–Kier alpha value is -2.14. The van der Waals surface area contributed by atoms with Crippen molar-refractivity contribution in [3.8, 4) is 5.69 Å². The van der Waals surface area contributed by atoms with Gasteiger partial charge in [0.2, 0.25) is 0 Å². The molecule has 0 radical (unpaired) electrons. The van der Waals surface area contributed by atoms with Gasteiger partial charge in [-0.25, -0.2) is 4.68 Å². The predicted molar refractivity (Wildman–Crippen MR) is 78.8 cm³/mol. The van der Waals surface area contributed by atoms with Crippen LogP contribution in [0.15, 0.2) is 30.5 Å². The van der Waals surface area contributed by atoms with Crippen molar-refractivity contribution in [1.82, 2.24) is 15.1 Å². The molecule has 0 bridgehead atoms. The second-order valence-corrected chi connectivity index (χ2v) is 5.18. The van der Waals surface area contributed by atoms with E-state index in [0.29, 0.717) is 6.04 Å². The Morgan fingerprint density at radius 3 is 2.75 bits per heavy atom. The van der Waals surface area contributed by atoms with E-state index in [-0.39, 0.29) is 5.69 Å². The minimum Gasteiger partial charge on any atom is -0.364 e. The van der Waals surface area contributed by atoms with Gasteiger partial charge in [0.15, 0.2) is 0 Å². The fourth-order valence-electron chi connectivity index (χ4n) is 1.98. The van der Waals surface area contributed by atoms with E-state index in [0.717, 1.165) is 17.8 Å². The number of carbonyl (C=O) groups excluding carboxylic acids is 1. The third kappa shape index (κ3) is 3.24. The van der Waals surface area contributed by atoms with Crippen molar-refractivity contribution >= 4 is 5.91 Å². The smallest absolute Gasteiger partial charge is 0.269 e. The van der Waals surface area contributed by atoms with Crippen molar-refractivity contribution in [3.05, 3.63) is 47.3 Å². The van der Waals surface area contributed by atoms with Crippen LogP contribution in [0.1, 0.15) is 35.5 Å². The summed E-state index contributed by atoms with van der Waals surface area (Å²) in [5, 5.41) is 7.61. The first-order chi connectivity index (χ1) is 9.47. The molecule has 2 rings (SSSR count). The monoisotopic (exact) mass is 272 g/mol. The van der Waals surface area contributed by atoms with Gasteiger partial charge in [0.05, 0.1) is 5.69 Å². The fourth-order valence-corrected chi connectivity index (χ4v) is 1.98. The SMILES string of the molecule is Cc1ccc(-n2ccc(C(N)=O)n2)c(CNC(C)C)c1. The van der Waals surface area contributed by atoms with Crippen LogP contribution in [0.2, 0.25) is 0 Å². The van der Waals surface area contributed by atoms with Crippen LogP contribution in [0.5, 0.6) is 0 Å². The summed E-state index contributed by atoms with van der Waals surface area (Å²) in [5.74, 6) is -0.516. The van der Waals surface area contributed by atoms with Gasteiger partial charge >= 0.3 is 0 Å². The Bertz CT molecular complexity index is 616. The van der Waals surface area contributed by atoms with Crippen molar-refractivity contribution in [2.45, 2.75) is 33.4 Å². The number of benzene rings is 1. The molecule has 5 nitrogen and oxygen atoms in total. The van der Waals surface area contributed by atoms with Gasteiger partial charge in [0.25, 0.3) is 5.91 Å². The summed E-state index contributed by atoms with van der Waals surface area (Å²) in [6.45, 7) is 7.02. The third-order valence-corrected chi connectivity index (χ3v) is 3.02. The number of nitrogens with two attached hydrogens (primary N) is 1. The molecule has 2 aromatic rings. The number of hydrogen-bond donors (Lipinski definition) is 2. The Balaban J connectivity index is 2.36. The van der Waals surface area contributed by atoms with Gasteiger partial charge < -0.3 is 11.1 Å². The van der Waals surface area contributed by atoms with Crippen LogP contribution in [0.3, 0.4) is 0 Å². The van der Waals surface area contributed by atoms with Crippen molar-refractivity contribution in [2.75, 3.05) is 0 Å². The van der Waals surface area contributed by atoms with Crippen LogP contribution in [0.4, 0.5) is 0 Å². The summed E-state index contributed by atoms with van der Waals surface area (Å²) < 4.78 is 1.69. The Morgan fingerprint density at radius 2 is 2.15 bits per heavy atom. The summed E-state index contributed by atoms with van der Waals surface area (Å²) in [6.07, 6.45) is 1.75. The molecule has 1 heterocycles. The maximum atomic E-state index is 11.1. The molecule has 1 amide bonds. The van der Waals surface area contributed by atoms with Crippen LogP contribution < -0.4 is 11.1 Å². The maximum absolute atomic E-state index is 11.1. The molecular weight excluding hydrogens is 252 g/mol. The first kappa shape index (κ1) is 14.3. The molecule has 0 atom stereocenters. The number of nitrogens with one attached hydrogen (secondary N) is 1. The van der Waals surface area contributed by atoms with Gasteiger partial charge in [0.1, 0.15) is 5.69 Å². The highest BCUT2D eigenvalue weighted by molar-refractivity contribution is 5.90. The second-order valence-electron chi connectivity index (χ2n) is 5.18. The van der Waals surface area contributed by atoms with Crippen LogP contribution >= 0.6 is 0 Å². The summed E-state index contributed by atoms with van der Waals surface area (Å²) in [5.41, 5.74) is 8.79. The van der Waals surface area contributed by atoms with E-state index < -0.39 is 5.91 Å². The fraction of sp³-hybridized carbons (Fsp3) is 0.333. The normalized spacial score (nSPS) is 11.0. The summed E-state index contributed by atoms with van der Waals surface area (Å²) in [4.78, 5) is 11.1. The molecule has 0 spiro atoms. The molecule has 0 saturated heterocycles. The molecule has 5 heteroatoms. The molecule has 0 aliphatic carbocycles. The summed E-state index contributed by atoms with van der Waals surface area (Å²) in [6, 6.07) is 8.18. The van der Waals surface area contributed by atoms with Gasteiger partial charge in [-0.05, 0) is 24.6 Å². The van der Waals surface area contributed by atoms with Crippen LogP contribution in [0, 0.1) is 6.92 Å². The molecule has 0 fully saturated rings. The van der Waals surface area contributed by atoms with Crippen molar-refractivity contribution in [2.24, 2.45) is 5.73 Å². The standard InChI is InChI=1S/C15H20N4O/c1-10(2)17-9-12-8-11(3)4-5-14(12)19-7-6-13(18-19)15(16)20/h4-8,10,17H,9H2,1-3H3,(H2,16,20). The lowest BCUT2D eigenvalue weighted by Crippen LogP contribution is -2.23. The molecule has 0 unspecified atom stereocenters. The Morgan fingerprint density at radius 1 is 1.40 bits per heavy atom. The largest absolute Gasteiger partial charge is 0.364 e. The average Bonchev–Trinajstić information content (AvgIpc) is 2.86. The van der Waals surface area contributed by atoms with Crippen LogP contribution in [0.25, 0.3) is 5.69 Å². The molecule has 0 saturated carbocycles. The molecule has 106 valence electrons. The molecule has 0 aliphatic heterocycles. The quantitative estimate of drug-likeness (QED) is 0.871. The van der Waals surface area contributed by atoms with E-state index in [1.54, 1.807) is 16.9 Å². The minimum absolute atomic E-state index is 0.272. The zero-order valence-corrected chi connectivity index (χ0v) is 12.1. The van der Waals surface area contributed by atoms with Gasteiger partial charge in [0, 0.05) is 18.8 Å². The minimum atomic E-state index is -0.516. The summed E-state index contributed by atoms with van der Waals surface area (Å²) >= 11 is 0. The van der Waals surface area contributed by atoms with Gasteiger partial charge in [-0.1, -0.05) is 31.5 Å². The molecule has 0 aliphatic rings. The van der Waals surface area contributed by atoms with E-state index >= 15 is 0 Å². The molecule has 20 heavy (non-hydrogen) atoms. The van der Waals surface area contributed by atoms with Crippen molar-refractivity contribution in [1.29, 1.82) is 0 Å². The van der Waals surface area contributed by atoms with Crippen molar-refractivity contribution in [3.63, 3.8) is 0 Å². The zero-order chi connectivity index (χ0) is 14.7. The number of carbonyl (C=O) groups is 1. The van der Waals surface area contributed by atoms with E-state index in [1.165, 1.54) is 5.56 Å². The summed E-state index contributed by atoms with van der Waals surface area (Å²) in [7, 11) is 0. The number of rotatable bonds is 5. The Kier molecular flexibility index (Phi) is 4.20. The number of aryl methyl sites for hydroxylation is 1. The molecular formula is C15H20N4O. The highest BCUT2D eigenvalue weighted by Crippen LogP contribution is 2.16. The van der Waals surface area contributed by atoms with E-state index in [9.17, 15) is 4.79 Å². The first-order valence-electron chi connectivity index (χ1n) is 6.66. The first-order valence-corrected chi connectivity index (χ1v) is 6.66. The van der Waals surface area contributed by atoms with E-state index in [4.69, 9.17) is 5.73 Å². The van der Waals surface area contributed by atoms with Gasteiger partial charge in [-0.3, -0.25) is 4.79 Å².